The van der Waals surface area contributed by atoms with E-state index in [0.717, 1.165) is 12.0 Å². The van der Waals surface area contributed by atoms with Crippen LogP contribution in [-0.2, 0) is 17.9 Å². The molecular formula is C33H35Cl2FN6O3. The highest BCUT2D eigenvalue weighted by atomic mass is 35.5. The molecule has 45 heavy (non-hydrogen) atoms. The van der Waals surface area contributed by atoms with Gasteiger partial charge in [0.2, 0.25) is 11.8 Å². The molecule has 0 unspecified atom stereocenters. The molecule has 12 heteroatoms. The second-order valence-electron chi connectivity index (χ2n) is 10.9. The second kappa shape index (κ2) is 15.0. The summed E-state index contributed by atoms with van der Waals surface area (Å²) in [6.45, 7) is 3.45. The molecule has 0 spiro atoms. The molecule has 0 radical (unpaired) electrons. The maximum absolute atomic E-state index is 15.3. The molecule has 5 rings (SSSR count). The van der Waals surface area contributed by atoms with Crippen molar-refractivity contribution < 1.29 is 19.0 Å². The Bertz CT molecular complexity index is 1670. The van der Waals surface area contributed by atoms with Crippen molar-refractivity contribution in [2.24, 2.45) is 0 Å². The number of benzene rings is 2. The van der Waals surface area contributed by atoms with Crippen LogP contribution in [0.4, 0.5) is 15.9 Å². The Balaban J connectivity index is 1.36. The van der Waals surface area contributed by atoms with E-state index < -0.39 is 11.9 Å². The van der Waals surface area contributed by atoms with E-state index in [-0.39, 0.29) is 35.0 Å². The van der Waals surface area contributed by atoms with E-state index in [1.54, 1.807) is 44.5 Å². The van der Waals surface area contributed by atoms with Crippen LogP contribution in [0.25, 0.3) is 22.4 Å². The quantitative estimate of drug-likeness (QED) is 0.122. The molecule has 2 aromatic carbocycles. The Labute approximate surface area is 271 Å². The van der Waals surface area contributed by atoms with Gasteiger partial charge in [-0.15, -0.1) is 0 Å². The van der Waals surface area contributed by atoms with Crippen LogP contribution < -0.4 is 26.0 Å². The highest BCUT2D eigenvalue weighted by Crippen LogP contribution is 2.41. The number of aromatic nitrogens is 2. The van der Waals surface area contributed by atoms with Gasteiger partial charge in [0.05, 0.1) is 34.6 Å². The van der Waals surface area contributed by atoms with Crippen LogP contribution in [0.3, 0.4) is 0 Å². The number of hydrogen-bond donors (Lipinski definition) is 5. The van der Waals surface area contributed by atoms with Crippen LogP contribution in [-0.4, -0.2) is 53.3 Å². The molecule has 2 aromatic heterocycles. The molecular weight excluding hydrogens is 618 g/mol. The first-order valence-corrected chi connectivity index (χ1v) is 15.4. The average molecular weight is 654 g/mol. The SMILES string of the molecule is COc1nc(-c2cccc(-c3ccnc(Nc4cccc(CNC[C@@H](C)O)c4F)c3Cl)c2Cl)ccc1CNC[C@@H]1CCC(=O)N1. The predicted molar refractivity (Wildman–Crippen MR) is 175 cm³/mol. The van der Waals surface area contributed by atoms with E-state index >= 15 is 4.39 Å². The number of carbonyl (C=O) groups excluding carboxylic acids is 1. The zero-order valence-electron chi connectivity index (χ0n) is 25.0. The number of aliphatic hydroxyl groups is 1. The largest absolute Gasteiger partial charge is 0.481 e. The van der Waals surface area contributed by atoms with E-state index in [0.29, 0.717) is 64.9 Å². The number of amides is 1. The number of hydrogen-bond acceptors (Lipinski definition) is 8. The summed E-state index contributed by atoms with van der Waals surface area (Å²) >= 11 is 13.8. The van der Waals surface area contributed by atoms with Crippen molar-refractivity contribution in [1.82, 2.24) is 25.9 Å². The van der Waals surface area contributed by atoms with Gasteiger partial charge in [-0.1, -0.05) is 59.6 Å². The van der Waals surface area contributed by atoms with Crippen LogP contribution in [0.2, 0.25) is 10.0 Å². The molecule has 1 aliphatic rings. The van der Waals surface area contributed by atoms with Crippen molar-refractivity contribution in [2.45, 2.75) is 45.0 Å². The summed E-state index contributed by atoms with van der Waals surface area (Å²) in [4.78, 5) is 20.5. The Hall–Kier alpha value is -3.80. The fraction of sp³-hybridized carbons (Fsp3) is 0.303. The van der Waals surface area contributed by atoms with E-state index in [2.05, 4.69) is 26.3 Å². The van der Waals surface area contributed by atoms with Crippen molar-refractivity contribution in [1.29, 1.82) is 0 Å². The summed E-state index contributed by atoms with van der Waals surface area (Å²) in [5, 5.41) is 22.6. The number of ether oxygens (including phenoxy) is 1. The number of carbonyl (C=O) groups is 1. The van der Waals surface area contributed by atoms with Crippen LogP contribution in [0, 0.1) is 5.82 Å². The normalized spacial score (nSPS) is 15.2. The highest BCUT2D eigenvalue weighted by Gasteiger charge is 2.21. The lowest BCUT2D eigenvalue weighted by Crippen LogP contribution is -2.35. The maximum atomic E-state index is 15.3. The minimum Gasteiger partial charge on any atom is -0.481 e. The van der Waals surface area contributed by atoms with E-state index in [1.165, 1.54) is 0 Å². The summed E-state index contributed by atoms with van der Waals surface area (Å²) in [5.41, 5.74) is 4.12. The van der Waals surface area contributed by atoms with Crippen molar-refractivity contribution in [3.05, 3.63) is 87.8 Å². The van der Waals surface area contributed by atoms with E-state index in [1.807, 2.05) is 30.3 Å². The molecule has 9 nitrogen and oxygen atoms in total. The van der Waals surface area contributed by atoms with Crippen molar-refractivity contribution in [2.75, 3.05) is 25.5 Å². The first-order chi connectivity index (χ1) is 21.7. The summed E-state index contributed by atoms with van der Waals surface area (Å²) in [5.74, 6) is 0.387. The predicted octanol–water partition coefficient (Wildman–Crippen LogP) is 5.85. The lowest BCUT2D eigenvalue weighted by molar-refractivity contribution is -0.119. The van der Waals surface area contributed by atoms with Crippen LogP contribution >= 0.6 is 23.2 Å². The number of rotatable bonds is 13. The van der Waals surface area contributed by atoms with Crippen LogP contribution in [0.1, 0.15) is 30.9 Å². The number of nitrogens with zero attached hydrogens (tertiary/aromatic N) is 2. The van der Waals surface area contributed by atoms with Crippen molar-refractivity contribution in [3.63, 3.8) is 0 Å². The topological polar surface area (TPSA) is 120 Å². The Morgan fingerprint density at radius 3 is 2.53 bits per heavy atom. The fourth-order valence-corrected chi connectivity index (χ4v) is 5.76. The third kappa shape index (κ3) is 7.89. The molecule has 1 fully saturated rings. The molecule has 0 aliphatic carbocycles. The number of anilines is 2. The Kier molecular flexibility index (Phi) is 10.9. The minimum atomic E-state index is -0.538. The van der Waals surface area contributed by atoms with E-state index in [9.17, 15) is 9.90 Å². The summed E-state index contributed by atoms with van der Waals surface area (Å²) in [7, 11) is 1.57. The third-order valence-electron chi connectivity index (χ3n) is 7.46. The molecule has 5 N–H and O–H groups in total. The highest BCUT2D eigenvalue weighted by molar-refractivity contribution is 6.39. The Morgan fingerprint density at radius 1 is 1.02 bits per heavy atom. The number of halogens is 3. The first kappa shape index (κ1) is 32.6. The molecule has 3 heterocycles. The molecule has 4 aromatic rings. The second-order valence-corrected chi connectivity index (χ2v) is 11.6. The van der Waals surface area contributed by atoms with Gasteiger partial charge in [-0.3, -0.25) is 4.79 Å². The van der Waals surface area contributed by atoms with E-state index in [4.69, 9.17) is 32.9 Å². The van der Waals surface area contributed by atoms with Gasteiger partial charge in [0.1, 0.15) is 5.82 Å². The summed E-state index contributed by atoms with van der Waals surface area (Å²) < 4.78 is 20.9. The van der Waals surface area contributed by atoms with Gasteiger partial charge >= 0.3 is 0 Å². The third-order valence-corrected chi connectivity index (χ3v) is 8.25. The zero-order valence-corrected chi connectivity index (χ0v) is 26.5. The lowest BCUT2D eigenvalue weighted by atomic mass is 10.0. The average Bonchev–Trinajstić information content (AvgIpc) is 3.45. The van der Waals surface area contributed by atoms with Crippen LogP contribution in [0.15, 0.2) is 60.8 Å². The monoisotopic (exact) mass is 652 g/mol. The molecule has 0 saturated carbocycles. The van der Waals surface area contributed by atoms with Crippen LogP contribution in [0.5, 0.6) is 5.88 Å². The molecule has 2 atom stereocenters. The first-order valence-electron chi connectivity index (χ1n) is 14.7. The molecule has 1 saturated heterocycles. The minimum absolute atomic E-state index is 0.0856. The molecule has 236 valence electrons. The molecule has 1 amide bonds. The number of aliphatic hydroxyl groups excluding tert-OH is 1. The van der Waals surface area contributed by atoms with Gasteiger partial charge in [-0.2, -0.15) is 0 Å². The summed E-state index contributed by atoms with van der Waals surface area (Å²) in [6.07, 6.45) is 2.42. The maximum Gasteiger partial charge on any atom is 0.220 e. The van der Waals surface area contributed by atoms with Gasteiger partial charge in [-0.25, -0.2) is 14.4 Å². The van der Waals surface area contributed by atoms with Gasteiger partial charge < -0.3 is 31.1 Å². The summed E-state index contributed by atoms with van der Waals surface area (Å²) in [6, 6.07) is 16.3. The molecule has 0 bridgehead atoms. The number of nitrogens with one attached hydrogen (secondary N) is 4. The molecule has 1 aliphatic heterocycles. The smallest absolute Gasteiger partial charge is 0.220 e. The Morgan fingerprint density at radius 2 is 1.78 bits per heavy atom. The van der Waals surface area contributed by atoms with Crippen molar-refractivity contribution in [3.8, 4) is 28.3 Å². The van der Waals surface area contributed by atoms with Gasteiger partial charge in [0.25, 0.3) is 0 Å². The standard InChI is InChI=1S/C33H35Cl2FN6O3/c1-19(43)15-37-16-20-5-3-8-27(31(20)36)41-32-30(35)24(13-14-39-32)23-6-4-7-25(29(23)34)26-11-9-21(33(42-26)45-2)17-38-18-22-10-12-28(44)40-22/h3-9,11,13-14,19,22,37-38,43H,10,12,15-18H2,1-2H3,(H,39,41)(H,40,44)/t19-,22+/m1/s1. The number of pyridine rings is 2. The number of methoxy groups -OCH3 is 1. The fourth-order valence-electron chi connectivity index (χ4n) is 5.17. The lowest BCUT2D eigenvalue weighted by Gasteiger charge is -2.16. The van der Waals surface area contributed by atoms with Gasteiger partial charge in [-0.05, 0) is 31.5 Å². The van der Waals surface area contributed by atoms with Gasteiger partial charge in [0, 0.05) is 72.7 Å². The zero-order chi connectivity index (χ0) is 31.9. The van der Waals surface area contributed by atoms with Crippen molar-refractivity contribution >= 4 is 40.6 Å². The van der Waals surface area contributed by atoms with Gasteiger partial charge in [0.15, 0.2) is 5.82 Å².